The van der Waals surface area contributed by atoms with E-state index in [1.54, 1.807) is 13.1 Å². The summed E-state index contributed by atoms with van der Waals surface area (Å²) < 4.78 is 4.78. The molecule has 1 N–H and O–H groups in total. The van der Waals surface area contributed by atoms with Crippen molar-refractivity contribution in [3.63, 3.8) is 0 Å². The number of carbonyl (C=O) groups excluding carboxylic acids is 1. The predicted octanol–water partition coefficient (Wildman–Crippen LogP) is 1.49. The molecule has 12 heavy (non-hydrogen) atoms. The highest BCUT2D eigenvalue weighted by molar-refractivity contribution is 5.99. The van der Waals surface area contributed by atoms with Crippen LogP contribution < -0.4 is 5.32 Å². The van der Waals surface area contributed by atoms with Crippen LogP contribution in [0.2, 0.25) is 0 Å². The van der Waals surface area contributed by atoms with Crippen LogP contribution >= 0.6 is 12.4 Å². The topological polar surface area (TPSA) is 42.2 Å². The summed E-state index contributed by atoms with van der Waals surface area (Å²) in [6, 6.07) is 1.52. The fourth-order valence-corrected chi connectivity index (χ4v) is 0.786. The SMILES string of the molecule is CNC(C)C(=O)c1ccoc1.Cl. The first-order valence-electron chi connectivity index (χ1n) is 3.49. The first-order valence-corrected chi connectivity index (χ1v) is 3.49. The molecule has 3 nitrogen and oxygen atoms in total. The maximum absolute atomic E-state index is 11.3. The van der Waals surface area contributed by atoms with Gasteiger partial charge in [-0.05, 0) is 20.0 Å². The van der Waals surface area contributed by atoms with Crippen LogP contribution in [0.1, 0.15) is 17.3 Å². The predicted molar refractivity (Wildman–Crippen MR) is 48.8 cm³/mol. The summed E-state index contributed by atoms with van der Waals surface area (Å²) in [5.41, 5.74) is 0.617. The second-order valence-electron chi connectivity index (χ2n) is 2.39. The van der Waals surface area contributed by atoms with Gasteiger partial charge in [-0.3, -0.25) is 4.79 Å². The number of rotatable bonds is 3. The van der Waals surface area contributed by atoms with E-state index in [9.17, 15) is 4.79 Å². The van der Waals surface area contributed by atoms with E-state index < -0.39 is 0 Å². The van der Waals surface area contributed by atoms with Gasteiger partial charge in [0.2, 0.25) is 0 Å². The molecule has 68 valence electrons. The van der Waals surface area contributed by atoms with Crippen molar-refractivity contribution >= 4 is 18.2 Å². The first-order chi connectivity index (χ1) is 5.25. The molecular formula is C8H12ClNO2. The lowest BCUT2D eigenvalue weighted by atomic mass is 10.1. The smallest absolute Gasteiger partial charge is 0.182 e. The highest BCUT2D eigenvalue weighted by Crippen LogP contribution is 2.03. The monoisotopic (exact) mass is 189 g/mol. The van der Waals surface area contributed by atoms with E-state index >= 15 is 0 Å². The van der Waals surface area contributed by atoms with Gasteiger partial charge in [0.15, 0.2) is 5.78 Å². The zero-order chi connectivity index (χ0) is 8.27. The summed E-state index contributed by atoms with van der Waals surface area (Å²) in [5, 5.41) is 2.86. The molecule has 0 spiro atoms. The minimum atomic E-state index is -0.146. The molecule has 0 aliphatic heterocycles. The quantitative estimate of drug-likeness (QED) is 0.733. The van der Waals surface area contributed by atoms with Gasteiger partial charge in [0, 0.05) is 0 Å². The third-order valence-electron chi connectivity index (χ3n) is 1.63. The Morgan fingerprint density at radius 2 is 2.33 bits per heavy atom. The van der Waals surface area contributed by atoms with Crippen molar-refractivity contribution < 1.29 is 9.21 Å². The number of Topliss-reactive ketones (excluding diaryl/α,β-unsaturated/α-hetero) is 1. The van der Waals surface area contributed by atoms with E-state index in [0.717, 1.165) is 0 Å². The molecule has 0 radical (unpaired) electrons. The van der Waals surface area contributed by atoms with Gasteiger partial charge in [-0.15, -0.1) is 12.4 Å². The van der Waals surface area contributed by atoms with E-state index in [4.69, 9.17) is 4.42 Å². The zero-order valence-corrected chi connectivity index (χ0v) is 7.85. The van der Waals surface area contributed by atoms with Crippen molar-refractivity contribution in [3.05, 3.63) is 24.2 Å². The minimum absolute atomic E-state index is 0. The van der Waals surface area contributed by atoms with Gasteiger partial charge in [0.1, 0.15) is 6.26 Å². The average molecular weight is 190 g/mol. The number of carbonyl (C=O) groups is 1. The number of furan rings is 1. The average Bonchev–Trinajstić information content (AvgIpc) is 2.53. The summed E-state index contributed by atoms with van der Waals surface area (Å²) >= 11 is 0. The van der Waals surface area contributed by atoms with Crippen LogP contribution in [0.15, 0.2) is 23.0 Å². The summed E-state index contributed by atoms with van der Waals surface area (Å²) in [5.74, 6) is 0.0567. The van der Waals surface area contributed by atoms with Gasteiger partial charge in [-0.1, -0.05) is 0 Å². The van der Waals surface area contributed by atoms with Crippen LogP contribution in [-0.4, -0.2) is 18.9 Å². The van der Waals surface area contributed by atoms with Crippen molar-refractivity contribution in [2.45, 2.75) is 13.0 Å². The number of nitrogens with one attached hydrogen (secondary N) is 1. The standard InChI is InChI=1S/C8H11NO2.ClH/c1-6(9-2)8(10)7-3-4-11-5-7;/h3-6,9H,1-2H3;1H. The molecule has 1 heterocycles. The molecule has 0 aromatic carbocycles. The number of halogens is 1. The Hall–Kier alpha value is -0.800. The van der Waals surface area contributed by atoms with Gasteiger partial charge in [-0.25, -0.2) is 0 Å². The van der Waals surface area contributed by atoms with Crippen molar-refractivity contribution in [2.24, 2.45) is 0 Å². The van der Waals surface area contributed by atoms with E-state index in [1.165, 1.54) is 12.5 Å². The molecule has 1 rings (SSSR count). The normalized spacial score (nSPS) is 11.8. The Morgan fingerprint density at radius 3 is 2.75 bits per heavy atom. The van der Waals surface area contributed by atoms with Crippen LogP contribution in [0.3, 0.4) is 0 Å². The van der Waals surface area contributed by atoms with Crippen molar-refractivity contribution in [1.82, 2.24) is 5.32 Å². The Balaban J connectivity index is 0.00000121. The molecule has 1 aromatic rings. The molecule has 0 amide bonds. The van der Waals surface area contributed by atoms with Crippen LogP contribution in [-0.2, 0) is 0 Å². The van der Waals surface area contributed by atoms with Gasteiger partial charge >= 0.3 is 0 Å². The fourth-order valence-electron chi connectivity index (χ4n) is 0.786. The van der Waals surface area contributed by atoms with Crippen LogP contribution in [0.25, 0.3) is 0 Å². The number of likely N-dealkylation sites (N-methyl/N-ethyl adjacent to an activating group) is 1. The third kappa shape index (κ3) is 2.36. The summed E-state index contributed by atoms with van der Waals surface area (Å²) in [7, 11) is 1.75. The summed E-state index contributed by atoms with van der Waals surface area (Å²) in [4.78, 5) is 11.3. The Kier molecular flexibility index (Phi) is 4.62. The van der Waals surface area contributed by atoms with Crippen molar-refractivity contribution in [2.75, 3.05) is 7.05 Å². The molecular weight excluding hydrogens is 178 g/mol. The van der Waals surface area contributed by atoms with Gasteiger partial charge < -0.3 is 9.73 Å². The molecule has 0 saturated carbocycles. The van der Waals surface area contributed by atoms with E-state index in [0.29, 0.717) is 5.56 Å². The van der Waals surface area contributed by atoms with E-state index in [-0.39, 0.29) is 24.2 Å². The largest absolute Gasteiger partial charge is 0.472 e. The van der Waals surface area contributed by atoms with E-state index in [1.807, 2.05) is 6.92 Å². The second-order valence-corrected chi connectivity index (χ2v) is 2.39. The molecule has 0 aliphatic rings. The number of ketones is 1. The van der Waals surface area contributed by atoms with Gasteiger partial charge in [0.05, 0.1) is 17.9 Å². The van der Waals surface area contributed by atoms with Crippen LogP contribution in [0.4, 0.5) is 0 Å². The Morgan fingerprint density at radius 1 is 1.67 bits per heavy atom. The lowest BCUT2D eigenvalue weighted by Gasteiger charge is -2.05. The molecule has 4 heteroatoms. The van der Waals surface area contributed by atoms with Crippen LogP contribution in [0.5, 0.6) is 0 Å². The Bertz CT molecular complexity index is 233. The lowest BCUT2D eigenvalue weighted by Crippen LogP contribution is -2.30. The van der Waals surface area contributed by atoms with Crippen molar-refractivity contribution in [1.29, 1.82) is 0 Å². The molecule has 1 aromatic heterocycles. The molecule has 0 saturated heterocycles. The molecule has 1 unspecified atom stereocenters. The maximum Gasteiger partial charge on any atom is 0.182 e. The highest BCUT2D eigenvalue weighted by atomic mass is 35.5. The molecule has 0 bridgehead atoms. The molecule has 0 aliphatic carbocycles. The molecule has 0 fully saturated rings. The summed E-state index contributed by atoms with van der Waals surface area (Å²) in [6.45, 7) is 1.81. The Labute approximate surface area is 77.5 Å². The first kappa shape index (κ1) is 11.2. The van der Waals surface area contributed by atoms with E-state index in [2.05, 4.69) is 5.32 Å². The van der Waals surface area contributed by atoms with Gasteiger partial charge in [0.25, 0.3) is 0 Å². The number of hydrogen-bond acceptors (Lipinski definition) is 3. The lowest BCUT2D eigenvalue weighted by molar-refractivity contribution is 0.0954. The zero-order valence-electron chi connectivity index (χ0n) is 7.03. The summed E-state index contributed by atoms with van der Waals surface area (Å²) in [6.07, 6.45) is 2.95. The second kappa shape index (κ2) is 4.95. The fraction of sp³-hybridized carbons (Fsp3) is 0.375. The van der Waals surface area contributed by atoms with Gasteiger partial charge in [-0.2, -0.15) is 0 Å². The minimum Gasteiger partial charge on any atom is -0.472 e. The van der Waals surface area contributed by atoms with Crippen molar-refractivity contribution in [3.8, 4) is 0 Å². The highest BCUT2D eigenvalue weighted by Gasteiger charge is 2.13. The van der Waals surface area contributed by atoms with Crippen LogP contribution in [0, 0.1) is 0 Å². The molecule has 1 atom stereocenters. The maximum atomic E-state index is 11.3. The number of hydrogen-bond donors (Lipinski definition) is 1. The third-order valence-corrected chi connectivity index (χ3v) is 1.63.